The van der Waals surface area contributed by atoms with Gasteiger partial charge in [0.15, 0.2) is 0 Å². The third-order valence-electron chi connectivity index (χ3n) is 0.829. The topological polar surface area (TPSA) is 37.3 Å². The molecule has 0 aromatic heterocycles. The molecule has 0 amide bonds. The molecule has 9 heavy (non-hydrogen) atoms. The van der Waals surface area contributed by atoms with Crippen LogP contribution in [0.4, 0.5) is 0 Å². The van der Waals surface area contributed by atoms with E-state index in [2.05, 4.69) is 12.6 Å². The number of carbonyl (C=O) groups is 1. The van der Waals surface area contributed by atoms with Crippen LogP contribution in [0.15, 0.2) is 11.6 Å². The van der Waals surface area contributed by atoms with Gasteiger partial charge in [0.2, 0.25) is 0 Å². The molecule has 0 radical (unpaired) electrons. The molecule has 1 atom stereocenters. The minimum absolute atomic E-state index is 0.0149. The first-order valence-corrected chi connectivity index (χ1v) is 3.15. The van der Waals surface area contributed by atoms with Crippen molar-refractivity contribution in [1.29, 1.82) is 0 Å². The van der Waals surface area contributed by atoms with Crippen LogP contribution in [0.2, 0.25) is 0 Å². The molecule has 52 valence electrons. The molecule has 0 aromatic rings. The third-order valence-corrected chi connectivity index (χ3v) is 0.978. The van der Waals surface area contributed by atoms with Gasteiger partial charge in [-0.15, -0.1) is 0 Å². The predicted octanol–water partition coefficient (Wildman–Crippen LogP) is 1.34. The Morgan fingerprint density at radius 2 is 2.22 bits per heavy atom. The van der Waals surface area contributed by atoms with Crippen molar-refractivity contribution in [3.8, 4) is 0 Å². The van der Waals surface area contributed by atoms with Gasteiger partial charge < -0.3 is 5.11 Å². The standard InChI is InChI=1S/C6H10O2S/c1-4(6(7)8)3-5(2)9/h3,5,9H,1-2H3,(H,7,8)/b4-3+. The molecule has 1 N–H and O–H groups in total. The van der Waals surface area contributed by atoms with Crippen molar-refractivity contribution < 1.29 is 9.90 Å². The number of carboxylic acid groups (broad SMARTS) is 1. The molecule has 0 aliphatic heterocycles. The molecule has 3 heteroatoms. The Hall–Kier alpha value is -0.440. The van der Waals surface area contributed by atoms with E-state index in [1.807, 2.05) is 6.92 Å². The summed E-state index contributed by atoms with van der Waals surface area (Å²) in [7, 11) is 0. The van der Waals surface area contributed by atoms with Gasteiger partial charge in [0, 0.05) is 10.8 Å². The van der Waals surface area contributed by atoms with Gasteiger partial charge in [-0.2, -0.15) is 12.6 Å². The number of hydrogen-bond donors (Lipinski definition) is 2. The van der Waals surface area contributed by atoms with E-state index in [4.69, 9.17) is 5.11 Å². The summed E-state index contributed by atoms with van der Waals surface area (Å²) >= 11 is 3.99. The molecule has 0 aromatic carbocycles. The second-order valence-corrected chi connectivity index (χ2v) is 2.71. The molecule has 0 heterocycles. The molecule has 0 saturated carbocycles. The number of rotatable bonds is 2. The highest BCUT2D eigenvalue weighted by molar-refractivity contribution is 7.81. The lowest BCUT2D eigenvalue weighted by atomic mass is 10.2. The normalized spacial score (nSPS) is 15.2. The minimum atomic E-state index is -0.879. The summed E-state index contributed by atoms with van der Waals surface area (Å²) in [5.41, 5.74) is 0.345. The van der Waals surface area contributed by atoms with Gasteiger partial charge >= 0.3 is 5.97 Å². The van der Waals surface area contributed by atoms with E-state index in [-0.39, 0.29) is 5.25 Å². The fourth-order valence-corrected chi connectivity index (χ4v) is 0.657. The molecular weight excluding hydrogens is 136 g/mol. The molecular formula is C6H10O2S. The first-order chi connectivity index (χ1) is 4.04. The van der Waals surface area contributed by atoms with Crippen LogP contribution in [0.3, 0.4) is 0 Å². The molecule has 0 bridgehead atoms. The lowest BCUT2D eigenvalue weighted by Gasteiger charge is -1.94. The average molecular weight is 146 g/mol. The van der Waals surface area contributed by atoms with E-state index in [0.717, 1.165) is 0 Å². The number of hydrogen-bond acceptors (Lipinski definition) is 2. The average Bonchev–Trinajstić information content (AvgIpc) is 1.63. The summed E-state index contributed by atoms with van der Waals surface area (Å²) in [4.78, 5) is 10.1. The van der Waals surface area contributed by atoms with E-state index in [9.17, 15) is 4.79 Å². The van der Waals surface area contributed by atoms with Crippen molar-refractivity contribution in [3.05, 3.63) is 11.6 Å². The first-order valence-electron chi connectivity index (χ1n) is 2.64. The summed E-state index contributed by atoms with van der Waals surface area (Å²) in [6.45, 7) is 3.37. The van der Waals surface area contributed by atoms with Gasteiger partial charge in [0.1, 0.15) is 0 Å². The van der Waals surface area contributed by atoms with Crippen LogP contribution in [-0.4, -0.2) is 16.3 Å². The monoisotopic (exact) mass is 146 g/mol. The minimum Gasteiger partial charge on any atom is -0.478 e. The molecule has 1 unspecified atom stereocenters. The van der Waals surface area contributed by atoms with E-state index < -0.39 is 5.97 Å². The fourth-order valence-electron chi connectivity index (χ4n) is 0.433. The second kappa shape index (κ2) is 3.56. The van der Waals surface area contributed by atoms with E-state index >= 15 is 0 Å². The Morgan fingerprint density at radius 3 is 2.33 bits per heavy atom. The van der Waals surface area contributed by atoms with Gasteiger partial charge in [-0.3, -0.25) is 0 Å². The molecule has 0 spiro atoms. The lowest BCUT2D eigenvalue weighted by Crippen LogP contribution is -1.98. The van der Waals surface area contributed by atoms with Crippen LogP contribution >= 0.6 is 12.6 Å². The molecule has 0 rings (SSSR count). The van der Waals surface area contributed by atoms with Crippen LogP contribution in [0.1, 0.15) is 13.8 Å². The molecule has 2 nitrogen and oxygen atoms in total. The maximum Gasteiger partial charge on any atom is 0.330 e. The van der Waals surface area contributed by atoms with Gasteiger partial charge in [-0.05, 0) is 13.8 Å². The van der Waals surface area contributed by atoms with Crippen molar-refractivity contribution in [1.82, 2.24) is 0 Å². The van der Waals surface area contributed by atoms with Crippen LogP contribution in [-0.2, 0) is 4.79 Å². The van der Waals surface area contributed by atoms with Gasteiger partial charge in [-0.25, -0.2) is 4.79 Å². The van der Waals surface area contributed by atoms with Gasteiger partial charge in [0.05, 0.1) is 0 Å². The van der Waals surface area contributed by atoms with Crippen molar-refractivity contribution >= 4 is 18.6 Å². The van der Waals surface area contributed by atoms with Crippen molar-refractivity contribution in [3.63, 3.8) is 0 Å². The predicted molar refractivity (Wildman–Crippen MR) is 39.8 cm³/mol. The lowest BCUT2D eigenvalue weighted by molar-refractivity contribution is -0.132. The zero-order valence-corrected chi connectivity index (χ0v) is 6.35. The first kappa shape index (κ1) is 8.56. The highest BCUT2D eigenvalue weighted by Gasteiger charge is 1.99. The van der Waals surface area contributed by atoms with Crippen LogP contribution < -0.4 is 0 Å². The Morgan fingerprint density at radius 1 is 1.78 bits per heavy atom. The summed E-state index contributed by atoms with van der Waals surface area (Å²) < 4.78 is 0. The van der Waals surface area contributed by atoms with Crippen LogP contribution in [0, 0.1) is 0 Å². The van der Waals surface area contributed by atoms with Crippen molar-refractivity contribution in [2.75, 3.05) is 0 Å². The Balaban J connectivity index is 4.00. The summed E-state index contributed by atoms with van der Waals surface area (Å²) in [6.07, 6.45) is 1.59. The summed E-state index contributed by atoms with van der Waals surface area (Å²) in [6, 6.07) is 0. The maximum atomic E-state index is 10.1. The zero-order valence-electron chi connectivity index (χ0n) is 5.46. The van der Waals surface area contributed by atoms with E-state index in [1.54, 1.807) is 13.0 Å². The Kier molecular flexibility index (Phi) is 3.39. The smallest absolute Gasteiger partial charge is 0.330 e. The highest BCUT2D eigenvalue weighted by Crippen LogP contribution is 2.00. The largest absolute Gasteiger partial charge is 0.478 e. The molecule has 0 fully saturated rings. The zero-order chi connectivity index (χ0) is 7.44. The highest BCUT2D eigenvalue weighted by atomic mass is 32.1. The Labute approximate surface area is 60.0 Å². The Bertz CT molecular complexity index is 138. The van der Waals surface area contributed by atoms with E-state index in [0.29, 0.717) is 5.57 Å². The third kappa shape index (κ3) is 4.09. The maximum absolute atomic E-state index is 10.1. The number of thiol groups is 1. The second-order valence-electron chi connectivity index (χ2n) is 1.90. The number of carboxylic acids is 1. The SMILES string of the molecule is C/C(=C\C(C)S)C(=O)O. The fraction of sp³-hybridized carbons (Fsp3) is 0.500. The molecule has 0 saturated heterocycles. The van der Waals surface area contributed by atoms with Crippen molar-refractivity contribution in [2.45, 2.75) is 19.1 Å². The van der Waals surface area contributed by atoms with Gasteiger partial charge in [0.25, 0.3) is 0 Å². The van der Waals surface area contributed by atoms with Crippen molar-refractivity contribution in [2.24, 2.45) is 0 Å². The van der Waals surface area contributed by atoms with Crippen LogP contribution in [0.5, 0.6) is 0 Å². The molecule has 0 aliphatic carbocycles. The van der Waals surface area contributed by atoms with Gasteiger partial charge in [-0.1, -0.05) is 6.08 Å². The summed E-state index contributed by atoms with van der Waals surface area (Å²) in [5, 5.41) is 8.34. The van der Waals surface area contributed by atoms with E-state index in [1.165, 1.54) is 0 Å². The molecule has 0 aliphatic rings. The quantitative estimate of drug-likeness (QED) is 0.455. The van der Waals surface area contributed by atoms with Crippen LogP contribution in [0.25, 0.3) is 0 Å². The summed E-state index contributed by atoms with van der Waals surface area (Å²) in [5.74, 6) is -0.879. The number of aliphatic carboxylic acids is 1.